The molecule has 3 aromatic carbocycles. The van der Waals surface area contributed by atoms with E-state index in [4.69, 9.17) is 9.72 Å². The summed E-state index contributed by atoms with van der Waals surface area (Å²) in [6.45, 7) is 2.65. The zero-order valence-corrected chi connectivity index (χ0v) is 26.0. The summed E-state index contributed by atoms with van der Waals surface area (Å²) in [6.07, 6.45) is 6.67. The standard InChI is InChI=1S/C36H37F4N5O2/c37-20-12-23-4-5-24(13-20)45(23)17-36(9-10-36)18-47-35-42-33-27(34(43-35)44-15-21-2-3-22(16-44)41-21)7-6-26(31(33)39)28-14-25(46)11-19-1-8-29(38)32(40)30(19)28/h1,6-8,11,14,20-24,41,46H,2-5,9-10,12-13,15-18H2. The average molecular weight is 648 g/mol. The van der Waals surface area contributed by atoms with Gasteiger partial charge < -0.3 is 20.1 Å². The molecule has 4 aliphatic heterocycles. The molecule has 4 aromatic rings. The molecule has 4 unspecified atom stereocenters. The van der Waals surface area contributed by atoms with Crippen LogP contribution in [0.1, 0.15) is 51.4 Å². The number of aromatic hydroxyl groups is 1. The van der Waals surface area contributed by atoms with Crippen molar-refractivity contribution in [1.82, 2.24) is 20.2 Å². The number of phenols is 1. The molecular weight excluding hydrogens is 610 g/mol. The lowest BCUT2D eigenvalue weighted by atomic mass is 9.95. The van der Waals surface area contributed by atoms with Crippen molar-refractivity contribution in [2.24, 2.45) is 5.41 Å². The summed E-state index contributed by atoms with van der Waals surface area (Å²) in [7, 11) is 0. The van der Waals surface area contributed by atoms with E-state index in [0.717, 1.165) is 51.1 Å². The fourth-order valence-electron chi connectivity index (χ4n) is 8.80. The molecule has 2 N–H and O–H groups in total. The Morgan fingerprint density at radius 3 is 2.36 bits per heavy atom. The highest BCUT2D eigenvalue weighted by Crippen LogP contribution is 2.50. The third-order valence-corrected chi connectivity index (χ3v) is 11.4. The predicted molar refractivity (Wildman–Crippen MR) is 171 cm³/mol. The van der Waals surface area contributed by atoms with Crippen LogP contribution < -0.4 is 15.0 Å². The van der Waals surface area contributed by atoms with Crippen molar-refractivity contribution >= 4 is 27.5 Å². The fraction of sp³-hybridized carbons (Fsp3) is 0.500. The van der Waals surface area contributed by atoms with Crippen LogP contribution in [0.4, 0.5) is 23.4 Å². The van der Waals surface area contributed by atoms with Crippen LogP contribution in [0, 0.1) is 22.9 Å². The second-order valence-electron chi connectivity index (χ2n) is 14.6. The Kier molecular flexibility index (Phi) is 6.84. The van der Waals surface area contributed by atoms with Crippen LogP contribution >= 0.6 is 0 Å². The minimum Gasteiger partial charge on any atom is -0.508 e. The molecule has 47 heavy (non-hydrogen) atoms. The van der Waals surface area contributed by atoms with Gasteiger partial charge >= 0.3 is 6.01 Å². The van der Waals surface area contributed by atoms with E-state index in [2.05, 4.69) is 20.1 Å². The molecular formula is C36H37F4N5O2. The zero-order valence-electron chi connectivity index (χ0n) is 26.0. The first-order valence-corrected chi connectivity index (χ1v) is 16.9. The van der Waals surface area contributed by atoms with Gasteiger partial charge in [-0.3, -0.25) is 4.90 Å². The summed E-state index contributed by atoms with van der Waals surface area (Å²) >= 11 is 0. The number of halogens is 4. The number of fused-ring (bicyclic) bond motifs is 6. The van der Waals surface area contributed by atoms with E-state index in [0.29, 0.717) is 55.8 Å². The summed E-state index contributed by atoms with van der Waals surface area (Å²) < 4.78 is 66.9. The van der Waals surface area contributed by atoms with Gasteiger partial charge in [0.1, 0.15) is 23.3 Å². The van der Waals surface area contributed by atoms with Gasteiger partial charge in [-0.25, -0.2) is 17.6 Å². The number of piperazine rings is 1. The topological polar surface area (TPSA) is 73.8 Å². The van der Waals surface area contributed by atoms with Gasteiger partial charge in [0.05, 0.1) is 6.61 Å². The third-order valence-electron chi connectivity index (χ3n) is 11.4. The van der Waals surface area contributed by atoms with Crippen LogP contribution in [-0.4, -0.2) is 76.6 Å². The van der Waals surface area contributed by atoms with Crippen LogP contribution in [0.15, 0.2) is 36.4 Å². The SMILES string of the molecule is Oc1cc(-c2ccc3c(N4CC5CCC(C4)N5)nc(OCC4(CN5C6CCC5CC(F)C6)CC4)nc3c2F)c2c(F)c(F)ccc2c1. The number of piperidine rings is 1. The van der Waals surface area contributed by atoms with E-state index in [1.165, 1.54) is 24.3 Å². The number of benzene rings is 3. The molecule has 0 amide bonds. The van der Waals surface area contributed by atoms with Gasteiger partial charge in [-0.2, -0.15) is 9.97 Å². The van der Waals surface area contributed by atoms with Gasteiger partial charge in [-0.1, -0.05) is 12.1 Å². The van der Waals surface area contributed by atoms with Gasteiger partial charge in [0.25, 0.3) is 0 Å². The highest BCUT2D eigenvalue weighted by Gasteiger charge is 2.50. The molecule has 4 bridgehead atoms. The Morgan fingerprint density at radius 1 is 0.894 bits per heavy atom. The highest BCUT2D eigenvalue weighted by molar-refractivity contribution is 6.01. The first-order valence-electron chi connectivity index (χ1n) is 16.9. The number of anilines is 1. The number of hydrogen-bond acceptors (Lipinski definition) is 7. The van der Waals surface area contributed by atoms with E-state index < -0.39 is 23.6 Å². The van der Waals surface area contributed by atoms with Gasteiger partial charge in [-0.05, 0) is 86.6 Å². The number of phenolic OH excluding ortho intramolecular Hbond substituents is 1. The van der Waals surface area contributed by atoms with Gasteiger partial charge in [0, 0.05) is 65.6 Å². The molecule has 9 rings (SSSR count). The molecule has 0 radical (unpaired) electrons. The van der Waals surface area contributed by atoms with E-state index in [9.17, 15) is 13.9 Å². The van der Waals surface area contributed by atoms with E-state index in [1.807, 2.05) is 0 Å². The van der Waals surface area contributed by atoms with Gasteiger partial charge in [0.15, 0.2) is 17.5 Å². The Balaban J connectivity index is 1.10. The van der Waals surface area contributed by atoms with Crippen molar-refractivity contribution in [3.63, 3.8) is 0 Å². The summed E-state index contributed by atoms with van der Waals surface area (Å²) in [5.41, 5.74) is -0.0271. The third kappa shape index (κ3) is 5.08. The monoisotopic (exact) mass is 647 g/mol. The minimum absolute atomic E-state index is 0.00992. The summed E-state index contributed by atoms with van der Waals surface area (Å²) in [6, 6.07) is 9.42. The van der Waals surface area contributed by atoms with Crippen LogP contribution in [0.3, 0.4) is 0 Å². The second kappa shape index (κ2) is 10.9. The van der Waals surface area contributed by atoms with Crippen LogP contribution in [0.2, 0.25) is 0 Å². The first kappa shape index (κ1) is 29.4. The quantitative estimate of drug-likeness (QED) is 0.218. The number of hydrogen-bond donors (Lipinski definition) is 2. The van der Waals surface area contributed by atoms with Crippen LogP contribution in [0.25, 0.3) is 32.8 Å². The van der Waals surface area contributed by atoms with Crippen molar-refractivity contribution in [3.05, 3.63) is 53.8 Å². The molecule has 246 valence electrons. The molecule has 4 atom stereocenters. The van der Waals surface area contributed by atoms with Gasteiger partial charge in [-0.15, -0.1) is 0 Å². The number of nitrogens with zero attached hydrogens (tertiary/aromatic N) is 4. The molecule has 0 spiro atoms. The molecule has 1 saturated carbocycles. The Morgan fingerprint density at radius 2 is 1.64 bits per heavy atom. The molecule has 5 fully saturated rings. The number of alkyl halides is 1. The van der Waals surface area contributed by atoms with Crippen molar-refractivity contribution < 1.29 is 27.4 Å². The Labute approximate surface area is 269 Å². The lowest BCUT2D eigenvalue weighted by molar-refractivity contribution is 0.0527. The largest absolute Gasteiger partial charge is 0.508 e. The van der Waals surface area contributed by atoms with E-state index in [1.54, 1.807) is 6.07 Å². The molecule has 1 aliphatic carbocycles. The lowest BCUT2D eigenvalue weighted by Gasteiger charge is -2.38. The van der Waals surface area contributed by atoms with Crippen molar-refractivity contribution in [3.8, 4) is 22.9 Å². The molecule has 5 heterocycles. The van der Waals surface area contributed by atoms with E-state index in [-0.39, 0.29) is 56.7 Å². The lowest BCUT2D eigenvalue weighted by Crippen LogP contribution is -2.51. The maximum atomic E-state index is 16.7. The maximum Gasteiger partial charge on any atom is 0.319 e. The number of rotatable bonds is 7. The first-order chi connectivity index (χ1) is 22.7. The maximum absolute atomic E-state index is 16.7. The fourth-order valence-corrected chi connectivity index (χ4v) is 8.80. The van der Waals surface area contributed by atoms with Gasteiger partial charge in [0.2, 0.25) is 0 Å². The highest BCUT2D eigenvalue weighted by atomic mass is 19.2. The van der Waals surface area contributed by atoms with Crippen molar-refractivity contribution in [1.29, 1.82) is 0 Å². The summed E-state index contributed by atoms with van der Waals surface area (Å²) in [5, 5.41) is 14.7. The Bertz CT molecular complexity index is 1880. The number of nitrogens with one attached hydrogen (secondary N) is 1. The number of aromatic nitrogens is 2. The average Bonchev–Trinajstić information content (AvgIpc) is 3.69. The summed E-state index contributed by atoms with van der Waals surface area (Å²) in [4.78, 5) is 14.1. The Hall–Kier alpha value is -3.70. The molecule has 4 saturated heterocycles. The molecule has 7 nitrogen and oxygen atoms in total. The smallest absolute Gasteiger partial charge is 0.319 e. The minimum atomic E-state index is -1.11. The van der Waals surface area contributed by atoms with Crippen LogP contribution in [-0.2, 0) is 0 Å². The predicted octanol–water partition coefficient (Wildman–Crippen LogP) is 6.64. The number of ether oxygens (including phenoxy) is 1. The zero-order chi connectivity index (χ0) is 32.0. The summed E-state index contributed by atoms with van der Waals surface area (Å²) in [5.74, 6) is -2.51. The van der Waals surface area contributed by atoms with Crippen molar-refractivity contribution in [2.45, 2.75) is 81.7 Å². The molecule has 1 aromatic heterocycles. The normalized spacial score (nSPS) is 28.0. The van der Waals surface area contributed by atoms with E-state index >= 15 is 8.78 Å². The molecule has 5 aliphatic rings. The van der Waals surface area contributed by atoms with Crippen molar-refractivity contribution in [2.75, 3.05) is 31.1 Å². The van der Waals surface area contributed by atoms with Crippen LogP contribution in [0.5, 0.6) is 11.8 Å². The second-order valence-corrected chi connectivity index (χ2v) is 14.6. The molecule has 11 heteroatoms.